The Labute approximate surface area is 135 Å². The summed E-state index contributed by atoms with van der Waals surface area (Å²) in [5.74, 6) is 1.55. The predicted molar refractivity (Wildman–Crippen MR) is 86.3 cm³/mol. The minimum absolute atomic E-state index is 0.122. The van der Waals surface area contributed by atoms with E-state index in [0.717, 1.165) is 43.3 Å². The molecule has 118 valence electrons. The van der Waals surface area contributed by atoms with Crippen molar-refractivity contribution in [2.45, 2.75) is 31.5 Å². The topological polar surface area (TPSA) is 52.6 Å². The molecule has 0 radical (unpaired) electrons. The van der Waals surface area contributed by atoms with Crippen molar-refractivity contribution in [3.8, 4) is 11.5 Å². The molecule has 0 amide bonds. The van der Waals surface area contributed by atoms with Crippen LogP contribution in [-0.4, -0.2) is 24.8 Å². The third kappa shape index (κ3) is 3.97. The molecule has 1 aliphatic carbocycles. The number of hydrogen-bond donors (Lipinski definition) is 0. The molecule has 1 aliphatic rings. The molecule has 0 spiro atoms. The Morgan fingerprint density at radius 1 is 0.696 bits per heavy atom. The molecule has 0 saturated heterocycles. The Hall–Kier alpha value is -2.62. The van der Waals surface area contributed by atoms with E-state index >= 15 is 0 Å². The van der Waals surface area contributed by atoms with Gasteiger partial charge in [-0.05, 0) is 61.4 Å². The van der Waals surface area contributed by atoms with Crippen molar-refractivity contribution in [3.05, 3.63) is 59.7 Å². The standard InChI is InChI=1S/C19H18O4/c20-12-14-1-5-16(6-2-14)22-18-9-10-19(11-18)23-17-7-3-15(13-21)4-8-17/h1-8,12-13,18-19H,9-11H2/t18-,19+. The molecule has 0 aromatic heterocycles. The molecule has 3 rings (SSSR count). The van der Waals surface area contributed by atoms with Gasteiger partial charge < -0.3 is 9.47 Å². The second kappa shape index (κ2) is 7.09. The van der Waals surface area contributed by atoms with Crippen LogP contribution in [0, 0.1) is 0 Å². The SMILES string of the molecule is O=Cc1ccc(O[C@@H]2CC[C@H](Oc3ccc(C=O)cc3)C2)cc1. The Kier molecular flexibility index (Phi) is 4.71. The maximum atomic E-state index is 10.6. The highest BCUT2D eigenvalue weighted by Crippen LogP contribution is 2.28. The summed E-state index contributed by atoms with van der Waals surface area (Å²) < 4.78 is 11.9. The summed E-state index contributed by atoms with van der Waals surface area (Å²) in [7, 11) is 0. The van der Waals surface area contributed by atoms with Gasteiger partial charge in [0.15, 0.2) is 0 Å². The zero-order valence-electron chi connectivity index (χ0n) is 12.7. The second-order valence-corrected chi connectivity index (χ2v) is 5.67. The fourth-order valence-electron chi connectivity index (χ4n) is 2.75. The van der Waals surface area contributed by atoms with Crippen molar-refractivity contribution in [2.75, 3.05) is 0 Å². The maximum absolute atomic E-state index is 10.6. The summed E-state index contributed by atoms with van der Waals surface area (Å²) in [6.45, 7) is 0. The third-order valence-electron chi connectivity index (χ3n) is 3.97. The van der Waals surface area contributed by atoms with Gasteiger partial charge in [0.25, 0.3) is 0 Å². The largest absolute Gasteiger partial charge is 0.490 e. The molecule has 0 aliphatic heterocycles. The van der Waals surface area contributed by atoms with Gasteiger partial charge in [-0.25, -0.2) is 0 Å². The average Bonchev–Trinajstić information content (AvgIpc) is 3.03. The summed E-state index contributed by atoms with van der Waals surface area (Å²) in [6, 6.07) is 14.3. The Morgan fingerprint density at radius 2 is 1.09 bits per heavy atom. The van der Waals surface area contributed by atoms with E-state index in [1.54, 1.807) is 24.3 Å². The van der Waals surface area contributed by atoms with Crippen LogP contribution in [0.25, 0.3) is 0 Å². The first kappa shape index (κ1) is 15.3. The summed E-state index contributed by atoms with van der Waals surface area (Å²) in [6.07, 6.45) is 4.58. The molecule has 0 N–H and O–H groups in total. The molecule has 4 heteroatoms. The van der Waals surface area contributed by atoms with E-state index < -0.39 is 0 Å². The lowest BCUT2D eigenvalue weighted by Crippen LogP contribution is -2.17. The highest BCUT2D eigenvalue weighted by molar-refractivity contribution is 5.75. The minimum atomic E-state index is 0.122. The van der Waals surface area contributed by atoms with Gasteiger partial charge in [0, 0.05) is 17.5 Å². The van der Waals surface area contributed by atoms with Crippen LogP contribution >= 0.6 is 0 Å². The van der Waals surface area contributed by atoms with E-state index in [2.05, 4.69) is 0 Å². The average molecular weight is 310 g/mol. The maximum Gasteiger partial charge on any atom is 0.150 e. The summed E-state index contributed by atoms with van der Waals surface area (Å²) in [5.41, 5.74) is 1.28. The lowest BCUT2D eigenvalue weighted by atomic mass is 10.2. The van der Waals surface area contributed by atoms with Crippen molar-refractivity contribution in [3.63, 3.8) is 0 Å². The lowest BCUT2D eigenvalue weighted by Gasteiger charge is -2.15. The van der Waals surface area contributed by atoms with E-state index in [1.807, 2.05) is 24.3 Å². The molecule has 4 nitrogen and oxygen atoms in total. The molecular formula is C19H18O4. The number of carbonyl (C=O) groups excluding carboxylic acids is 2. The first-order valence-electron chi connectivity index (χ1n) is 7.70. The van der Waals surface area contributed by atoms with Crippen LogP contribution in [0.4, 0.5) is 0 Å². The number of hydrogen-bond acceptors (Lipinski definition) is 4. The zero-order chi connectivity index (χ0) is 16.1. The molecule has 1 fully saturated rings. The van der Waals surface area contributed by atoms with Gasteiger partial charge in [0.05, 0.1) is 0 Å². The van der Waals surface area contributed by atoms with Gasteiger partial charge in [0.1, 0.15) is 36.3 Å². The van der Waals surface area contributed by atoms with Crippen LogP contribution < -0.4 is 9.47 Å². The number of aldehydes is 2. The Morgan fingerprint density at radius 3 is 1.43 bits per heavy atom. The van der Waals surface area contributed by atoms with Gasteiger partial charge in [-0.15, -0.1) is 0 Å². The molecular weight excluding hydrogens is 292 g/mol. The van der Waals surface area contributed by atoms with E-state index in [9.17, 15) is 9.59 Å². The normalized spacial score (nSPS) is 20.0. The number of rotatable bonds is 6. The number of ether oxygens (including phenoxy) is 2. The molecule has 0 unspecified atom stereocenters. The summed E-state index contributed by atoms with van der Waals surface area (Å²) in [4.78, 5) is 21.3. The highest BCUT2D eigenvalue weighted by Gasteiger charge is 2.27. The quantitative estimate of drug-likeness (QED) is 0.764. The van der Waals surface area contributed by atoms with Crippen molar-refractivity contribution >= 4 is 12.6 Å². The van der Waals surface area contributed by atoms with Crippen molar-refractivity contribution in [1.29, 1.82) is 0 Å². The fourth-order valence-corrected chi connectivity index (χ4v) is 2.75. The van der Waals surface area contributed by atoms with Crippen LogP contribution in [-0.2, 0) is 0 Å². The van der Waals surface area contributed by atoms with E-state index in [0.29, 0.717) is 11.1 Å². The van der Waals surface area contributed by atoms with E-state index in [4.69, 9.17) is 9.47 Å². The Balaban J connectivity index is 1.52. The zero-order valence-corrected chi connectivity index (χ0v) is 12.7. The van der Waals surface area contributed by atoms with Gasteiger partial charge >= 0.3 is 0 Å². The van der Waals surface area contributed by atoms with Crippen LogP contribution in [0.1, 0.15) is 40.0 Å². The summed E-state index contributed by atoms with van der Waals surface area (Å²) in [5, 5.41) is 0. The van der Waals surface area contributed by atoms with Crippen LogP contribution in [0.3, 0.4) is 0 Å². The smallest absolute Gasteiger partial charge is 0.150 e. The lowest BCUT2D eigenvalue weighted by molar-refractivity contribution is 0.111. The summed E-state index contributed by atoms with van der Waals surface area (Å²) >= 11 is 0. The van der Waals surface area contributed by atoms with Crippen molar-refractivity contribution < 1.29 is 19.1 Å². The molecule has 2 aromatic rings. The van der Waals surface area contributed by atoms with Gasteiger partial charge in [0.2, 0.25) is 0 Å². The minimum Gasteiger partial charge on any atom is -0.490 e. The molecule has 0 heterocycles. The number of carbonyl (C=O) groups is 2. The van der Waals surface area contributed by atoms with E-state index in [1.165, 1.54) is 0 Å². The predicted octanol–water partition coefficient (Wildman–Crippen LogP) is 3.69. The number of benzene rings is 2. The molecule has 1 saturated carbocycles. The molecule has 2 aromatic carbocycles. The van der Waals surface area contributed by atoms with Crippen LogP contribution in [0.2, 0.25) is 0 Å². The monoisotopic (exact) mass is 310 g/mol. The van der Waals surface area contributed by atoms with Gasteiger partial charge in [-0.2, -0.15) is 0 Å². The van der Waals surface area contributed by atoms with E-state index in [-0.39, 0.29) is 12.2 Å². The Bertz CT molecular complexity index is 601. The first-order chi connectivity index (χ1) is 11.3. The molecule has 2 atom stereocenters. The first-order valence-corrected chi connectivity index (χ1v) is 7.70. The fraction of sp³-hybridized carbons (Fsp3) is 0.263. The van der Waals surface area contributed by atoms with Crippen LogP contribution in [0.15, 0.2) is 48.5 Å². The van der Waals surface area contributed by atoms with Crippen molar-refractivity contribution in [2.24, 2.45) is 0 Å². The molecule has 23 heavy (non-hydrogen) atoms. The van der Waals surface area contributed by atoms with Crippen molar-refractivity contribution in [1.82, 2.24) is 0 Å². The van der Waals surface area contributed by atoms with Gasteiger partial charge in [-0.1, -0.05) is 0 Å². The third-order valence-corrected chi connectivity index (χ3v) is 3.97. The molecule has 0 bridgehead atoms. The van der Waals surface area contributed by atoms with Crippen LogP contribution in [0.5, 0.6) is 11.5 Å². The second-order valence-electron chi connectivity index (χ2n) is 5.67. The van der Waals surface area contributed by atoms with Gasteiger partial charge in [-0.3, -0.25) is 9.59 Å². The highest BCUT2D eigenvalue weighted by atomic mass is 16.5.